The molecule has 2 N–H and O–H groups in total. The van der Waals surface area contributed by atoms with Gasteiger partial charge in [0, 0.05) is 36.4 Å². The molecule has 7 heteroatoms. The molecule has 0 spiro atoms. The fourth-order valence-electron chi connectivity index (χ4n) is 3.41. The Morgan fingerprint density at radius 2 is 2.12 bits per heavy atom. The van der Waals surface area contributed by atoms with E-state index in [1.807, 2.05) is 17.5 Å². The molecule has 4 rings (SSSR count). The third-order valence-corrected chi connectivity index (χ3v) is 5.61. The van der Waals surface area contributed by atoms with Crippen LogP contribution in [0.15, 0.2) is 30.5 Å². The van der Waals surface area contributed by atoms with E-state index < -0.39 is 6.23 Å². The standard InChI is InChI=1S/C19H24N4O2S/c1-13-12-23-17(14(2)21-19(23)26-13)18(24)20-11-15-4-3-5-16(10-15)22-6-8-25-9-7-22/h3-5,10,12,18,20,24H,6-9,11H2,1-2H3. The third kappa shape index (κ3) is 3.48. The first-order chi connectivity index (χ1) is 12.6. The minimum Gasteiger partial charge on any atom is -0.378 e. The Balaban J connectivity index is 1.47. The van der Waals surface area contributed by atoms with Crippen molar-refractivity contribution in [3.8, 4) is 0 Å². The first-order valence-corrected chi connectivity index (χ1v) is 9.71. The van der Waals surface area contributed by atoms with Crippen molar-refractivity contribution in [3.05, 3.63) is 52.3 Å². The van der Waals surface area contributed by atoms with Crippen molar-refractivity contribution in [2.45, 2.75) is 26.6 Å². The van der Waals surface area contributed by atoms with Gasteiger partial charge >= 0.3 is 0 Å². The summed E-state index contributed by atoms with van der Waals surface area (Å²) in [5.74, 6) is 0. The van der Waals surface area contributed by atoms with Gasteiger partial charge in [0.05, 0.1) is 24.6 Å². The van der Waals surface area contributed by atoms with Crippen LogP contribution in [0, 0.1) is 13.8 Å². The van der Waals surface area contributed by atoms with Gasteiger partial charge in [-0.3, -0.25) is 9.72 Å². The maximum Gasteiger partial charge on any atom is 0.194 e. The number of ether oxygens (including phenoxy) is 1. The summed E-state index contributed by atoms with van der Waals surface area (Å²) in [6, 6.07) is 8.46. The van der Waals surface area contributed by atoms with E-state index in [4.69, 9.17) is 4.74 Å². The summed E-state index contributed by atoms with van der Waals surface area (Å²) in [4.78, 5) is 8.99. The number of nitrogens with zero attached hydrogens (tertiary/aromatic N) is 3. The van der Waals surface area contributed by atoms with Crippen LogP contribution < -0.4 is 10.2 Å². The number of aliphatic hydroxyl groups is 1. The lowest BCUT2D eigenvalue weighted by Gasteiger charge is -2.29. The van der Waals surface area contributed by atoms with E-state index in [1.165, 1.54) is 10.6 Å². The predicted octanol–water partition coefficient (Wildman–Crippen LogP) is 2.63. The van der Waals surface area contributed by atoms with Crippen molar-refractivity contribution in [1.82, 2.24) is 14.7 Å². The highest BCUT2D eigenvalue weighted by atomic mass is 32.1. The molecule has 6 nitrogen and oxygen atoms in total. The van der Waals surface area contributed by atoms with Crippen molar-refractivity contribution in [2.75, 3.05) is 31.2 Å². The molecular weight excluding hydrogens is 348 g/mol. The number of imidazole rings is 1. The number of aromatic nitrogens is 2. The molecule has 0 amide bonds. The second kappa shape index (κ2) is 7.36. The zero-order chi connectivity index (χ0) is 18.1. The molecule has 1 atom stereocenters. The summed E-state index contributed by atoms with van der Waals surface area (Å²) < 4.78 is 7.41. The molecule has 1 fully saturated rings. The van der Waals surface area contributed by atoms with Gasteiger partial charge in [0.1, 0.15) is 6.23 Å². The number of fused-ring (bicyclic) bond motifs is 1. The van der Waals surface area contributed by atoms with Gasteiger partial charge in [0.25, 0.3) is 0 Å². The second-order valence-corrected chi connectivity index (χ2v) is 7.84. The van der Waals surface area contributed by atoms with Crippen LogP contribution in [-0.2, 0) is 11.3 Å². The van der Waals surface area contributed by atoms with Crippen LogP contribution in [0.1, 0.15) is 28.1 Å². The van der Waals surface area contributed by atoms with Gasteiger partial charge in [0.2, 0.25) is 0 Å². The lowest BCUT2D eigenvalue weighted by molar-refractivity contribution is 0.122. The number of thiazole rings is 1. The number of aryl methyl sites for hydroxylation is 2. The van der Waals surface area contributed by atoms with Crippen LogP contribution in [0.5, 0.6) is 0 Å². The van der Waals surface area contributed by atoms with Crippen molar-refractivity contribution in [2.24, 2.45) is 0 Å². The Morgan fingerprint density at radius 3 is 2.92 bits per heavy atom. The Bertz CT molecular complexity index is 898. The number of anilines is 1. The quantitative estimate of drug-likeness (QED) is 0.674. The lowest BCUT2D eigenvalue weighted by atomic mass is 10.1. The molecule has 0 saturated carbocycles. The average Bonchev–Trinajstić information content (AvgIpc) is 3.15. The summed E-state index contributed by atoms with van der Waals surface area (Å²) in [7, 11) is 0. The maximum atomic E-state index is 10.7. The fourth-order valence-corrected chi connectivity index (χ4v) is 4.28. The fraction of sp³-hybridized carbons (Fsp3) is 0.421. The molecule has 138 valence electrons. The highest BCUT2D eigenvalue weighted by Gasteiger charge is 2.18. The van der Waals surface area contributed by atoms with Crippen molar-refractivity contribution < 1.29 is 9.84 Å². The number of rotatable bonds is 5. The molecule has 1 aliphatic heterocycles. The zero-order valence-electron chi connectivity index (χ0n) is 15.1. The Hall–Kier alpha value is -1.93. The number of aliphatic hydroxyl groups excluding tert-OH is 1. The molecular formula is C19H24N4O2S. The Morgan fingerprint density at radius 1 is 1.31 bits per heavy atom. The van der Waals surface area contributed by atoms with E-state index in [9.17, 15) is 5.11 Å². The van der Waals surface area contributed by atoms with E-state index >= 15 is 0 Å². The number of morpholine rings is 1. The average molecular weight is 372 g/mol. The molecule has 3 aromatic rings. The number of hydrogen-bond acceptors (Lipinski definition) is 6. The van der Waals surface area contributed by atoms with E-state index in [2.05, 4.69) is 46.4 Å². The van der Waals surface area contributed by atoms with Gasteiger partial charge in [-0.1, -0.05) is 12.1 Å². The third-order valence-electron chi connectivity index (χ3n) is 4.71. The SMILES string of the molecule is Cc1cn2c(C(O)NCc3cccc(N4CCOCC4)c3)c(C)nc2s1. The van der Waals surface area contributed by atoms with Gasteiger partial charge in [-0.25, -0.2) is 4.98 Å². The van der Waals surface area contributed by atoms with Gasteiger partial charge in [-0.2, -0.15) is 0 Å². The number of benzene rings is 1. The lowest BCUT2D eigenvalue weighted by Crippen LogP contribution is -2.36. The maximum absolute atomic E-state index is 10.7. The van der Waals surface area contributed by atoms with Crippen molar-refractivity contribution in [3.63, 3.8) is 0 Å². The van der Waals surface area contributed by atoms with E-state index in [1.54, 1.807) is 11.3 Å². The summed E-state index contributed by atoms with van der Waals surface area (Å²) in [5.41, 5.74) is 4.03. The number of hydrogen-bond donors (Lipinski definition) is 2. The van der Waals surface area contributed by atoms with Crippen LogP contribution >= 0.6 is 11.3 Å². The molecule has 1 saturated heterocycles. The van der Waals surface area contributed by atoms with Crippen LogP contribution in [-0.4, -0.2) is 40.8 Å². The minimum atomic E-state index is -0.758. The topological polar surface area (TPSA) is 62.0 Å². The predicted molar refractivity (Wildman–Crippen MR) is 104 cm³/mol. The van der Waals surface area contributed by atoms with E-state index in [0.717, 1.165) is 48.2 Å². The van der Waals surface area contributed by atoms with Gasteiger partial charge in [-0.05, 0) is 31.5 Å². The smallest absolute Gasteiger partial charge is 0.194 e. The molecule has 2 aromatic heterocycles. The highest BCUT2D eigenvalue weighted by molar-refractivity contribution is 7.17. The molecule has 0 radical (unpaired) electrons. The molecule has 1 unspecified atom stereocenters. The normalized spacial score (nSPS) is 16.3. The molecule has 1 aromatic carbocycles. The number of nitrogens with one attached hydrogen (secondary N) is 1. The van der Waals surface area contributed by atoms with Crippen molar-refractivity contribution >= 4 is 22.0 Å². The van der Waals surface area contributed by atoms with Crippen LogP contribution in [0.2, 0.25) is 0 Å². The zero-order valence-corrected chi connectivity index (χ0v) is 15.9. The van der Waals surface area contributed by atoms with Gasteiger partial charge in [0.15, 0.2) is 4.96 Å². The molecule has 3 heterocycles. The monoisotopic (exact) mass is 372 g/mol. The molecule has 0 aliphatic carbocycles. The first kappa shape index (κ1) is 17.5. The Labute approximate surface area is 157 Å². The summed E-state index contributed by atoms with van der Waals surface area (Å²) in [6.07, 6.45) is 1.27. The van der Waals surface area contributed by atoms with E-state index in [-0.39, 0.29) is 0 Å². The first-order valence-electron chi connectivity index (χ1n) is 8.90. The highest BCUT2D eigenvalue weighted by Crippen LogP contribution is 2.24. The Kier molecular flexibility index (Phi) is 4.95. The van der Waals surface area contributed by atoms with Crippen LogP contribution in [0.4, 0.5) is 5.69 Å². The minimum absolute atomic E-state index is 0.592. The largest absolute Gasteiger partial charge is 0.378 e. The molecule has 1 aliphatic rings. The van der Waals surface area contributed by atoms with Crippen molar-refractivity contribution in [1.29, 1.82) is 0 Å². The molecule has 26 heavy (non-hydrogen) atoms. The van der Waals surface area contributed by atoms with Crippen LogP contribution in [0.25, 0.3) is 4.96 Å². The second-order valence-electron chi connectivity index (χ2n) is 6.63. The molecule has 0 bridgehead atoms. The van der Waals surface area contributed by atoms with Gasteiger partial charge < -0.3 is 14.7 Å². The summed E-state index contributed by atoms with van der Waals surface area (Å²) in [5, 5.41) is 13.9. The van der Waals surface area contributed by atoms with E-state index in [0.29, 0.717) is 6.54 Å². The van der Waals surface area contributed by atoms with Crippen LogP contribution in [0.3, 0.4) is 0 Å². The summed E-state index contributed by atoms with van der Waals surface area (Å²) >= 11 is 1.63. The van der Waals surface area contributed by atoms with Gasteiger partial charge in [-0.15, -0.1) is 11.3 Å². The summed E-state index contributed by atoms with van der Waals surface area (Å²) in [6.45, 7) is 7.97.